The van der Waals surface area contributed by atoms with Gasteiger partial charge >= 0.3 is 0 Å². The molecular weight excluding hydrogens is 112 g/mol. The molecule has 1 aliphatic rings. The van der Waals surface area contributed by atoms with Gasteiger partial charge in [-0.3, -0.25) is 0 Å². The van der Waals surface area contributed by atoms with Crippen LogP contribution in [0.4, 0.5) is 0 Å². The second-order valence-electron chi connectivity index (χ2n) is 2.63. The summed E-state index contributed by atoms with van der Waals surface area (Å²) in [6, 6.07) is 0. The highest BCUT2D eigenvalue weighted by molar-refractivity contribution is 4.68. The van der Waals surface area contributed by atoms with E-state index in [4.69, 9.17) is 4.74 Å². The molecule has 0 heterocycles. The Bertz CT molecular complexity index is 67.0. The van der Waals surface area contributed by atoms with Crippen molar-refractivity contribution >= 4 is 0 Å². The summed E-state index contributed by atoms with van der Waals surface area (Å²) in [6.45, 7) is 4.67. The van der Waals surface area contributed by atoms with Gasteiger partial charge in [-0.05, 0) is 25.7 Å². The van der Waals surface area contributed by atoms with E-state index in [1.54, 1.807) is 0 Å². The van der Waals surface area contributed by atoms with Crippen molar-refractivity contribution in [3.63, 3.8) is 0 Å². The predicted molar refractivity (Wildman–Crippen MR) is 38.2 cm³/mol. The fourth-order valence-electron chi connectivity index (χ4n) is 0.890. The Kier molecular flexibility index (Phi) is 3.05. The summed E-state index contributed by atoms with van der Waals surface area (Å²) in [6.07, 6.45) is 6.68. The summed E-state index contributed by atoms with van der Waals surface area (Å²) in [7, 11) is 0. The molecule has 0 amide bonds. The van der Waals surface area contributed by atoms with Crippen LogP contribution < -0.4 is 0 Å². The van der Waals surface area contributed by atoms with E-state index in [-0.39, 0.29) is 0 Å². The van der Waals surface area contributed by atoms with Crippen LogP contribution in [0.1, 0.15) is 32.1 Å². The second kappa shape index (κ2) is 3.89. The smallest absolute Gasteiger partial charge is 0.0575 e. The first kappa shape index (κ1) is 7.07. The summed E-state index contributed by atoms with van der Waals surface area (Å²) in [5, 5.41) is 0. The molecule has 53 valence electrons. The van der Waals surface area contributed by atoms with Gasteiger partial charge in [0.2, 0.25) is 0 Å². The summed E-state index contributed by atoms with van der Waals surface area (Å²) in [5.74, 6) is 0. The van der Waals surface area contributed by atoms with Crippen molar-refractivity contribution in [1.82, 2.24) is 0 Å². The average molecular weight is 127 g/mol. The van der Waals surface area contributed by atoms with Gasteiger partial charge in [-0.1, -0.05) is 13.3 Å². The number of hydrogen-bond donors (Lipinski definition) is 0. The summed E-state index contributed by atoms with van der Waals surface area (Å²) in [4.78, 5) is 0. The molecular formula is C8H15O. The van der Waals surface area contributed by atoms with Gasteiger partial charge in [-0.2, -0.15) is 0 Å². The molecule has 0 atom stereocenters. The fraction of sp³-hybridized carbons (Fsp3) is 0.875. The lowest BCUT2D eigenvalue weighted by atomic mass is 9.96. The van der Waals surface area contributed by atoms with E-state index in [0.29, 0.717) is 6.10 Å². The van der Waals surface area contributed by atoms with E-state index in [0.717, 1.165) is 19.4 Å². The van der Waals surface area contributed by atoms with Gasteiger partial charge in [0.15, 0.2) is 0 Å². The molecule has 0 bridgehead atoms. The molecule has 0 spiro atoms. The minimum atomic E-state index is 0.608. The van der Waals surface area contributed by atoms with Gasteiger partial charge in [0, 0.05) is 6.61 Å². The maximum absolute atomic E-state index is 5.48. The predicted octanol–water partition coefficient (Wildman–Crippen LogP) is 2.17. The molecule has 0 N–H and O–H groups in total. The maximum atomic E-state index is 5.48. The molecule has 1 rings (SSSR count). The van der Waals surface area contributed by atoms with Gasteiger partial charge in [-0.25, -0.2) is 0 Å². The number of hydrogen-bond acceptors (Lipinski definition) is 1. The van der Waals surface area contributed by atoms with Crippen LogP contribution in [0.3, 0.4) is 0 Å². The van der Waals surface area contributed by atoms with E-state index in [2.05, 4.69) is 6.92 Å². The lowest BCUT2D eigenvalue weighted by Gasteiger charge is -2.25. The van der Waals surface area contributed by atoms with Crippen LogP contribution in [0, 0.1) is 6.92 Å². The Labute approximate surface area is 57.4 Å². The zero-order valence-electron chi connectivity index (χ0n) is 5.94. The first-order valence-electron chi connectivity index (χ1n) is 3.84. The van der Waals surface area contributed by atoms with Crippen LogP contribution in [0.2, 0.25) is 0 Å². The molecule has 0 aromatic carbocycles. The number of rotatable bonds is 4. The van der Waals surface area contributed by atoms with Gasteiger partial charge in [0.25, 0.3) is 0 Å². The van der Waals surface area contributed by atoms with Crippen LogP contribution in [-0.4, -0.2) is 12.7 Å². The quantitative estimate of drug-likeness (QED) is 0.526. The monoisotopic (exact) mass is 127 g/mol. The third-order valence-corrected chi connectivity index (χ3v) is 1.80. The molecule has 1 nitrogen and oxygen atoms in total. The van der Waals surface area contributed by atoms with Crippen LogP contribution in [0.15, 0.2) is 0 Å². The van der Waals surface area contributed by atoms with Gasteiger partial charge in [0.1, 0.15) is 0 Å². The maximum Gasteiger partial charge on any atom is 0.0575 e. The van der Waals surface area contributed by atoms with E-state index < -0.39 is 0 Å². The standard InChI is InChI=1S/C8H15O/c1-2-3-7-9-8-5-4-6-8/h8H,1-7H2. The third kappa shape index (κ3) is 2.35. The highest BCUT2D eigenvalue weighted by Crippen LogP contribution is 2.21. The number of unbranched alkanes of at least 4 members (excludes halogenated alkanes) is 1. The third-order valence-electron chi connectivity index (χ3n) is 1.80. The molecule has 0 unspecified atom stereocenters. The SMILES string of the molecule is [CH2]CCCOC1CCC1. The zero-order valence-corrected chi connectivity index (χ0v) is 5.94. The Morgan fingerprint density at radius 2 is 2.22 bits per heavy atom. The summed E-state index contributed by atoms with van der Waals surface area (Å²) >= 11 is 0. The van der Waals surface area contributed by atoms with Crippen LogP contribution in [-0.2, 0) is 4.74 Å². The molecule has 0 aromatic rings. The van der Waals surface area contributed by atoms with Crippen molar-refractivity contribution in [3.8, 4) is 0 Å². The molecule has 1 radical (unpaired) electrons. The molecule has 1 saturated carbocycles. The number of ether oxygens (including phenoxy) is 1. The largest absolute Gasteiger partial charge is 0.378 e. The van der Waals surface area contributed by atoms with Gasteiger partial charge in [-0.15, -0.1) is 0 Å². The highest BCUT2D eigenvalue weighted by Gasteiger charge is 2.16. The van der Waals surface area contributed by atoms with Crippen LogP contribution in [0.25, 0.3) is 0 Å². The molecule has 0 aromatic heterocycles. The van der Waals surface area contributed by atoms with Crippen LogP contribution >= 0.6 is 0 Å². The topological polar surface area (TPSA) is 9.23 Å². The Balaban J connectivity index is 1.80. The highest BCUT2D eigenvalue weighted by atomic mass is 16.5. The molecule has 0 saturated heterocycles. The fourth-order valence-corrected chi connectivity index (χ4v) is 0.890. The van der Waals surface area contributed by atoms with Crippen molar-refractivity contribution in [3.05, 3.63) is 6.92 Å². The van der Waals surface area contributed by atoms with Crippen molar-refractivity contribution in [1.29, 1.82) is 0 Å². The molecule has 9 heavy (non-hydrogen) atoms. The van der Waals surface area contributed by atoms with Crippen molar-refractivity contribution in [2.75, 3.05) is 6.61 Å². The zero-order chi connectivity index (χ0) is 6.53. The molecule has 0 aliphatic heterocycles. The van der Waals surface area contributed by atoms with Gasteiger partial charge < -0.3 is 4.74 Å². The minimum absolute atomic E-state index is 0.608. The van der Waals surface area contributed by atoms with Crippen molar-refractivity contribution in [2.45, 2.75) is 38.2 Å². The first-order chi connectivity index (χ1) is 4.43. The Morgan fingerprint density at radius 3 is 2.67 bits per heavy atom. The first-order valence-corrected chi connectivity index (χ1v) is 3.84. The molecule has 1 heteroatoms. The summed E-state index contributed by atoms with van der Waals surface area (Å²) in [5.41, 5.74) is 0. The van der Waals surface area contributed by atoms with E-state index >= 15 is 0 Å². The normalized spacial score (nSPS) is 19.7. The second-order valence-corrected chi connectivity index (χ2v) is 2.63. The Hall–Kier alpha value is -0.0400. The van der Waals surface area contributed by atoms with Crippen LogP contribution in [0.5, 0.6) is 0 Å². The lowest BCUT2D eigenvalue weighted by Crippen LogP contribution is -2.21. The van der Waals surface area contributed by atoms with Crippen molar-refractivity contribution < 1.29 is 4.74 Å². The van der Waals surface area contributed by atoms with E-state index in [1.165, 1.54) is 19.3 Å². The Morgan fingerprint density at radius 1 is 1.44 bits per heavy atom. The molecule has 1 fully saturated rings. The average Bonchev–Trinajstić information content (AvgIpc) is 1.76. The lowest BCUT2D eigenvalue weighted by molar-refractivity contribution is 0.00163. The minimum Gasteiger partial charge on any atom is -0.378 e. The summed E-state index contributed by atoms with van der Waals surface area (Å²) < 4.78 is 5.48. The van der Waals surface area contributed by atoms with E-state index in [9.17, 15) is 0 Å². The van der Waals surface area contributed by atoms with Gasteiger partial charge in [0.05, 0.1) is 6.10 Å². The molecule has 1 aliphatic carbocycles. The van der Waals surface area contributed by atoms with Crippen molar-refractivity contribution in [2.24, 2.45) is 0 Å². The van der Waals surface area contributed by atoms with E-state index in [1.807, 2.05) is 0 Å².